The number of carboxylic acids is 1. The Kier molecular flexibility index (Phi) is 5.11. The van der Waals surface area contributed by atoms with Crippen molar-refractivity contribution in [2.45, 2.75) is 6.54 Å². The second-order valence-electron chi connectivity index (χ2n) is 6.79. The van der Waals surface area contributed by atoms with E-state index in [0.717, 1.165) is 13.1 Å². The number of carboxylic acid groups (broad SMARTS) is 1. The third-order valence-electron chi connectivity index (χ3n) is 5.20. The number of rotatable bonds is 6. The molecule has 1 aromatic rings. The molecule has 0 amide bonds. The summed E-state index contributed by atoms with van der Waals surface area (Å²) < 4.78 is 19.1. The monoisotopic (exact) mass is 356 g/mol. The van der Waals surface area contributed by atoms with E-state index in [9.17, 15) is 14.3 Å². The van der Waals surface area contributed by atoms with E-state index < -0.39 is 11.4 Å². The quantitative estimate of drug-likeness (QED) is 0.844. The average Bonchev–Trinajstić information content (AvgIpc) is 3.02. The molecule has 0 aliphatic carbocycles. The van der Waals surface area contributed by atoms with E-state index in [4.69, 9.17) is 16.3 Å². The fourth-order valence-corrected chi connectivity index (χ4v) is 4.14. The van der Waals surface area contributed by atoms with Crippen LogP contribution in [0.3, 0.4) is 0 Å². The number of methoxy groups -OCH3 is 1. The summed E-state index contributed by atoms with van der Waals surface area (Å²) in [6, 6.07) is 4.63. The van der Waals surface area contributed by atoms with Crippen molar-refractivity contribution in [1.29, 1.82) is 0 Å². The molecule has 1 aromatic carbocycles. The van der Waals surface area contributed by atoms with Crippen LogP contribution in [0.4, 0.5) is 4.39 Å². The maximum absolute atomic E-state index is 14.0. The lowest BCUT2D eigenvalue weighted by Gasteiger charge is -2.25. The Labute approximate surface area is 145 Å². The number of hydrogen-bond acceptors (Lipinski definition) is 4. The van der Waals surface area contributed by atoms with Crippen LogP contribution in [0.15, 0.2) is 18.2 Å². The van der Waals surface area contributed by atoms with Crippen LogP contribution in [0.5, 0.6) is 0 Å². The van der Waals surface area contributed by atoms with Gasteiger partial charge in [0.1, 0.15) is 5.82 Å². The van der Waals surface area contributed by atoms with Gasteiger partial charge in [0.05, 0.1) is 12.0 Å². The van der Waals surface area contributed by atoms with Gasteiger partial charge >= 0.3 is 5.97 Å². The average molecular weight is 357 g/mol. The SMILES string of the molecule is COCCN1CC2CN(Cc3ccc(Cl)cc3F)CC2(C(=O)O)C1. The minimum Gasteiger partial charge on any atom is -0.481 e. The van der Waals surface area contributed by atoms with E-state index in [0.29, 0.717) is 43.4 Å². The Hall–Kier alpha value is -1.21. The van der Waals surface area contributed by atoms with Gasteiger partial charge < -0.3 is 9.84 Å². The molecule has 5 nitrogen and oxygen atoms in total. The third kappa shape index (κ3) is 3.28. The van der Waals surface area contributed by atoms with Crippen LogP contribution in [-0.4, -0.2) is 67.3 Å². The minimum absolute atomic E-state index is 0.0576. The molecule has 24 heavy (non-hydrogen) atoms. The van der Waals surface area contributed by atoms with Gasteiger partial charge in [0.2, 0.25) is 0 Å². The molecule has 0 saturated carbocycles. The molecule has 3 rings (SSSR count). The van der Waals surface area contributed by atoms with Gasteiger partial charge in [-0.05, 0) is 12.1 Å². The lowest BCUT2D eigenvalue weighted by atomic mass is 9.81. The summed E-state index contributed by atoms with van der Waals surface area (Å²) in [5, 5.41) is 10.2. The molecule has 0 bridgehead atoms. The zero-order chi connectivity index (χ0) is 17.3. The van der Waals surface area contributed by atoms with Crippen LogP contribution in [0.25, 0.3) is 0 Å². The van der Waals surface area contributed by atoms with Crippen molar-refractivity contribution in [1.82, 2.24) is 9.80 Å². The van der Waals surface area contributed by atoms with Crippen LogP contribution < -0.4 is 0 Å². The van der Waals surface area contributed by atoms with Crippen LogP contribution in [0.1, 0.15) is 5.56 Å². The highest BCUT2D eigenvalue weighted by Gasteiger charge is 2.57. The van der Waals surface area contributed by atoms with Gasteiger partial charge in [-0.25, -0.2) is 4.39 Å². The number of hydrogen-bond donors (Lipinski definition) is 1. The van der Waals surface area contributed by atoms with Crippen LogP contribution in [0.2, 0.25) is 5.02 Å². The molecule has 132 valence electrons. The second-order valence-corrected chi connectivity index (χ2v) is 7.23. The van der Waals surface area contributed by atoms with Gasteiger partial charge in [0.15, 0.2) is 0 Å². The number of carbonyl (C=O) groups is 1. The third-order valence-corrected chi connectivity index (χ3v) is 5.43. The molecular weight excluding hydrogens is 335 g/mol. The van der Waals surface area contributed by atoms with Crippen LogP contribution >= 0.6 is 11.6 Å². The van der Waals surface area contributed by atoms with Gasteiger partial charge in [-0.1, -0.05) is 17.7 Å². The molecule has 7 heteroatoms. The van der Waals surface area contributed by atoms with Gasteiger partial charge in [0.25, 0.3) is 0 Å². The Morgan fingerprint density at radius 3 is 2.75 bits per heavy atom. The number of halogens is 2. The number of nitrogens with zero attached hydrogens (tertiary/aromatic N) is 2. The van der Waals surface area contributed by atoms with Crippen molar-refractivity contribution in [2.24, 2.45) is 11.3 Å². The van der Waals surface area contributed by atoms with Crippen molar-refractivity contribution in [2.75, 3.05) is 46.4 Å². The summed E-state index contributed by atoms with van der Waals surface area (Å²) in [4.78, 5) is 16.2. The Morgan fingerprint density at radius 2 is 2.12 bits per heavy atom. The molecule has 2 atom stereocenters. The van der Waals surface area contributed by atoms with Crippen molar-refractivity contribution in [3.05, 3.63) is 34.6 Å². The van der Waals surface area contributed by atoms with Gasteiger partial charge in [0, 0.05) is 62.9 Å². The lowest BCUT2D eigenvalue weighted by molar-refractivity contribution is -0.149. The Morgan fingerprint density at radius 1 is 1.42 bits per heavy atom. The number of aliphatic carboxylic acids is 1. The summed E-state index contributed by atoms with van der Waals surface area (Å²) in [7, 11) is 1.65. The lowest BCUT2D eigenvalue weighted by Crippen LogP contribution is -2.41. The van der Waals surface area contributed by atoms with Crippen molar-refractivity contribution in [3.63, 3.8) is 0 Å². The highest BCUT2D eigenvalue weighted by atomic mass is 35.5. The zero-order valence-electron chi connectivity index (χ0n) is 13.7. The number of benzene rings is 1. The first-order chi connectivity index (χ1) is 11.4. The van der Waals surface area contributed by atoms with E-state index in [2.05, 4.69) is 4.90 Å². The topological polar surface area (TPSA) is 53.0 Å². The molecule has 0 radical (unpaired) electrons. The normalized spacial score (nSPS) is 27.5. The predicted octanol–water partition coefficient (Wildman–Crippen LogP) is 1.94. The van der Waals surface area contributed by atoms with Crippen molar-refractivity contribution in [3.8, 4) is 0 Å². The Balaban J connectivity index is 1.70. The van der Waals surface area contributed by atoms with E-state index >= 15 is 0 Å². The van der Waals surface area contributed by atoms with E-state index in [1.807, 2.05) is 4.90 Å². The molecule has 2 aliphatic rings. The molecule has 2 heterocycles. The molecule has 1 N–H and O–H groups in total. The zero-order valence-corrected chi connectivity index (χ0v) is 14.4. The first-order valence-electron chi connectivity index (χ1n) is 8.05. The van der Waals surface area contributed by atoms with Crippen LogP contribution in [-0.2, 0) is 16.1 Å². The smallest absolute Gasteiger partial charge is 0.312 e. The highest BCUT2D eigenvalue weighted by molar-refractivity contribution is 6.30. The van der Waals surface area contributed by atoms with Crippen LogP contribution in [0, 0.1) is 17.2 Å². The van der Waals surface area contributed by atoms with E-state index in [-0.39, 0.29) is 11.7 Å². The molecule has 0 aromatic heterocycles. The molecule has 2 fully saturated rings. The summed E-state index contributed by atoms with van der Waals surface area (Å²) >= 11 is 5.79. The summed E-state index contributed by atoms with van der Waals surface area (Å²) in [6.45, 7) is 4.13. The van der Waals surface area contributed by atoms with E-state index in [1.165, 1.54) is 6.07 Å². The molecule has 2 aliphatic heterocycles. The largest absolute Gasteiger partial charge is 0.481 e. The maximum atomic E-state index is 14.0. The Bertz CT molecular complexity index is 630. The summed E-state index contributed by atoms with van der Waals surface area (Å²) in [5.74, 6) is -1.04. The van der Waals surface area contributed by atoms with Crippen molar-refractivity contribution >= 4 is 17.6 Å². The summed E-state index contributed by atoms with van der Waals surface area (Å²) in [5.41, 5.74) is -0.215. The predicted molar refractivity (Wildman–Crippen MR) is 88.6 cm³/mol. The minimum atomic E-state index is -0.767. The van der Waals surface area contributed by atoms with Gasteiger partial charge in [-0.2, -0.15) is 0 Å². The molecule has 2 saturated heterocycles. The fraction of sp³-hybridized carbons (Fsp3) is 0.588. The second kappa shape index (κ2) is 6.96. The van der Waals surface area contributed by atoms with Gasteiger partial charge in [-0.3, -0.25) is 14.6 Å². The number of fused-ring (bicyclic) bond motifs is 1. The highest BCUT2D eigenvalue weighted by Crippen LogP contribution is 2.43. The van der Waals surface area contributed by atoms with Crippen molar-refractivity contribution < 1.29 is 19.0 Å². The first-order valence-corrected chi connectivity index (χ1v) is 8.43. The molecule has 2 unspecified atom stereocenters. The fourth-order valence-electron chi connectivity index (χ4n) is 3.98. The molecule has 0 spiro atoms. The summed E-state index contributed by atoms with van der Waals surface area (Å²) in [6.07, 6.45) is 0. The maximum Gasteiger partial charge on any atom is 0.312 e. The standard InChI is InChI=1S/C17H22ClFN2O3/c1-24-5-4-20-8-13-9-21(11-17(13,10-20)16(22)23)7-12-2-3-14(18)6-15(12)19/h2-3,6,13H,4-5,7-11H2,1H3,(H,22,23). The number of ether oxygens (including phenoxy) is 1. The first kappa shape index (κ1) is 17.6. The number of likely N-dealkylation sites (tertiary alicyclic amines) is 2. The molecular formula is C17H22ClFN2O3. The van der Waals surface area contributed by atoms with E-state index in [1.54, 1.807) is 19.2 Å². The van der Waals surface area contributed by atoms with Gasteiger partial charge in [-0.15, -0.1) is 0 Å².